The second-order valence-corrected chi connectivity index (χ2v) is 8.76. The van der Waals surface area contributed by atoms with Crippen LogP contribution in [0.3, 0.4) is 0 Å². The normalized spacial score (nSPS) is 15.7. The van der Waals surface area contributed by atoms with Crippen molar-refractivity contribution in [3.05, 3.63) is 0 Å². The van der Waals surface area contributed by atoms with E-state index in [1.165, 1.54) is 19.0 Å². The highest BCUT2D eigenvalue weighted by molar-refractivity contribution is 7.88. The van der Waals surface area contributed by atoms with Crippen molar-refractivity contribution in [2.75, 3.05) is 32.9 Å². The lowest BCUT2D eigenvalue weighted by Gasteiger charge is -2.39. The highest BCUT2D eigenvalue weighted by Crippen LogP contribution is 2.60. The van der Waals surface area contributed by atoms with Gasteiger partial charge in [0.1, 0.15) is 0 Å². The summed E-state index contributed by atoms with van der Waals surface area (Å²) >= 11 is 0. The molecule has 5 nitrogen and oxygen atoms in total. The molecular weight excluding hydrogens is 511 g/mol. The topological polar surface area (TPSA) is 60.9 Å². The third-order valence-corrected chi connectivity index (χ3v) is 5.49. The molecule has 0 amide bonds. The minimum Gasteiger partial charge on any atom is -0.309 e. The van der Waals surface area contributed by atoms with Crippen LogP contribution < -0.4 is 0 Å². The van der Waals surface area contributed by atoms with Crippen molar-refractivity contribution in [2.45, 2.75) is 48.6 Å². The van der Waals surface area contributed by atoms with Crippen LogP contribution in [0.5, 0.6) is 0 Å². The summed E-state index contributed by atoms with van der Waals surface area (Å²) in [5, 5.41) is 9.28. The lowest BCUT2D eigenvalue weighted by molar-refractivity contribution is -0.439. The first-order valence-electron chi connectivity index (χ1n) is 8.09. The van der Waals surface area contributed by atoms with E-state index in [4.69, 9.17) is 0 Å². The maximum atomic E-state index is 13.6. The standard InChI is InChI=1S/C13H17F13N2O3S/c1-27(2)5-3-6-28(29)32(30,31)7-4-8(14,15)9(16,17)10(18,19)11(20,21)12(22,23)13(24,25)26/h29H,3-7H2,1-2H3. The molecule has 0 aliphatic rings. The molecule has 0 aromatic carbocycles. The molecule has 0 spiro atoms. The molecule has 19 heteroatoms. The smallest absolute Gasteiger partial charge is 0.309 e. The van der Waals surface area contributed by atoms with E-state index in [2.05, 4.69) is 0 Å². The van der Waals surface area contributed by atoms with E-state index in [-0.39, 0.29) is 13.0 Å². The number of sulfonamides is 1. The Morgan fingerprint density at radius 3 is 1.47 bits per heavy atom. The van der Waals surface area contributed by atoms with Gasteiger partial charge in [-0.25, -0.2) is 8.42 Å². The molecule has 0 unspecified atom stereocenters. The molecule has 0 bridgehead atoms. The maximum absolute atomic E-state index is 13.6. The molecule has 0 aliphatic carbocycles. The first kappa shape index (κ1) is 30.9. The van der Waals surface area contributed by atoms with Crippen LogP contribution in [0.4, 0.5) is 57.1 Å². The predicted octanol–water partition coefficient (Wildman–Crippen LogP) is 4.09. The molecule has 0 aromatic heterocycles. The molecule has 0 atom stereocenters. The number of hydrogen-bond donors (Lipinski definition) is 1. The monoisotopic (exact) mass is 528 g/mol. The van der Waals surface area contributed by atoms with E-state index in [1.54, 1.807) is 0 Å². The third-order valence-electron chi connectivity index (χ3n) is 3.95. The van der Waals surface area contributed by atoms with E-state index >= 15 is 0 Å². The quantitative estimate of drug-likeness (QED) is 0.307. The van der Waals surface area contributed by atoms with Crippen LogP contribution in [0, 0.1) is 0 Å². The molecule has 0 saturated heterocycles. The van der Waals surface area contributed by atoms with E-state index in [9.17, 15) is 70.7 Å². The van der Waals surface area contributed by atoms with Crippen LogP contribution in [0.15, 0.2) is 0 Å². The van der Waals surface area contributed by atoms with Crippen LogP contribution in [-0.2, 0) is 10.0 Å². The van der Waals surface area contributed by atoms with Crippen LogP contribution in [0.2, 0.25) is 0 Å². The van der Waals surface area contributed by atoms with Crippen molar-refractivity contribution in [2.24, 2.45) is 0 Å². The van der Waals surface area contributed by atoms with Crippen molar-refractivity contribution < 1.29 is 70.7 Å². The van der Waals surface area contributed by atoms with Gasteiger partial charge in [-0.3, -0.25) is 5.21 Å². The summed E-state index contributed by atoms with van der Waals surface area (Å²) < 4.78 is 191. The summed E-state index contributed by atoms with van der Waals surface area (Å²) in [6.45, 7) is -0.677. The van der Waals surface area contributed by atoms with Crippen LogP contribution in [0.1, 0.15) is 12.8 Å². The second-order valence-electron chi connectivity index (χ2n) is 6.77. The van der Waals surface area contributed by atoms with Crippen LogP contribution in [-0.4, -0.2) is 91.7 Å². The van der Waals surface area contributed by atoms with E-state index < -0.39 is 69.0 Å². The second kappa shape index (κ2) is 9.28. The average Bonchev–Trinajstić information content (AvgIpc) is 2.58. The molecule has 32 heavy (non-hydrogen) atoms. The fourth-order valence-electron chi connectivity index (χ4n) is 1.98. The number of rotatable bonds is 12. The summed E-state index contributed by atoms with van der Waals surface area (Å²) in [5.74, 6) is -40.3. The Morgan fingerprint density at radius 2 is 1.09 bits per heavy atom. The van der Waals surface area contributed by atoms with Crippen LogP contribution >= 0.6 is 0 Å². The molecule has 0 saturated carbocycles. The summed E-state index contributed by atoms with van der Waals surface area (Å²) in [6.07, 6.45) is -10.6. The number of alkyl halides is 13. The van der Waals surface area contributed by atoms with Crippen molar-refractivity contribution in [3.63, 3.8) is 0 Å². The summed E-state index contributed by atoms with van der Waals surface area (Å²) in [6, 6.07) is 0. The number of hydrogen-bond acceptors (Lipinski definition) is 4. The van der Waals surface area contributed by atoms with Crippen LogP contribution in [0.25, 0.3) is 0 Å². The highest BCUT2D eigenvalue weighted by Gasteiger charge is 2.90. The van der Waals surface area contributed by atoms with Crippen molar-refractivity contribution in [3.8, 4) is 0 Å². The molecule has 0 rings (SSSR count). The van der Waals surface area contributed by atoms with Gasteiger partial charge in [-0.1, -0.05) is 4.47 Å². The molecular formula is C13H17F13N2O3S. The Hall–Kier alpha value is -1.08. The summed E-state index contributed by atoms with van der Waals surface area (Å²) in [5.41, 5.74) is 0. The van der Waals surface area contributed by atoms with Gasteiger partial charge in [0.2, 0.25) is 10.0 Å². The Balaban J connectivity index is 5.77. The molecule has 194 valence electrons. The van der Waals surface area contributed by atoms with Crippen molar-refractivity contribution in [1.29, 1.82) is 0 Å². The lowest BCUT2D eigenvalue weighted by atomic mass is 9.93. The highest BCUT2D eigenvalue weighted by atomic mass is 32.2. The number of hydroxylamine groups is 1. The van der Waals surface area contributed by atoms with Gasteiger partial charge in [0, 0.05) is 13.0 Å². The van der Waals surface area contributed by atoms with Crippen molar-refractivity contribution in [1.82, 2.24) is 9.37 Å². The number of halogens is 13. The Bertz CT molecular complexity index is 738. The zero-order valence-corrected chi connectivity index (χ0v) is 16.8. The summed E-state index contributed by atoms with van der Waals surface area (Å²) in [4.78, 5) is 1.47. The zero-order chi connectivity index (χ0) is 26.2. The van der Waals surface area contributed by atoms with Gasteiger partial charge in [-0.2, -0.15) is 57.1 Å². The minimum absolute atomic E-state index is 0.121. The fraction of sp³-hybridized carbons (Fsp3) is 1.00. The van der Waals surface area contributed by atoms with Gasteiger partial charge < -0.3 is 4.90 Å². The third kappa shape index (κ3) is 5.69. The van der Waals surface area contributed by atoms with Crippen molar-refractivity contribution >= 4 is 10.0 Å². The van der Waals surface area contributed by atoms with Gasteiger partial charge in [0.05, 0.1) is 5.75 Å². The van der Waals surface area contributed by atoms with E-state index in [1.807, 2.05) is 0 Å². The molecule has 0 aromatic rings. The summed E-state index contributed by atoms with van der Waals surface area (Å²) in [7, 11) is -2.29. The zero-order valence-electron chi connectivity index (χ0n) is 16.0. The molecule has 0 fully saturated rings. The fourth-order valence-corrected chi connectivity index (χ4v) is 3.12. The Kier molecular flexibility index (Phi) is 8.97. The molecule has 0 aliphatic heterocycles. The largest absolute Gasteiger partial charge is 0.460 e. The first-order chi connectivity index (χ1) is 13.8. The predicted molar refractivity (Wildman–Crippen MR) is 80.9 cm³/mol. The molecule has 1 N–H and O–H groups in total. The minimum atomic E-state index is -8.06. The van der Waals surface area contributed by atoms with Gasteiger partial charge in [0.25, 0.3) is 0 Å². The average molecular weight is 528 g/mol. The Morgan fingerprint density at radius 1 is 0.688 bits per heavy atom. The van der Waals surface area contributed by atoms with Gasteiger partial charge >= 0.3 is 35.8 Å². The first-order valence-corrected chi connectivity index (χ1v) is 9.70. The molecule has 0 radical (unpaired) electrons. The van der Waals surface area contributed by atoms with Gasteiger partial charge in [0.15, 0.2) is 0 Å². The van der Waals surface area contributed by atoms with E-state index in [0.717, 1.165) is 0 Å². The Labute approximate surface area is 172 Å². The SMILES string of the molecule is CN(C)CCCN(O)S(=O)(=O)CCC(F)(F)C(F)(F)C(F)(F)C(F)(F)C(F)(F)C(F)(F)F. The van der Waals surface area contributed by atoms with Gasteiger partial charge in [-0.05, 0) is 27.1 Å². The molecule has 0 heterocycles. The maximum Gasteiger partial charge on any atom is 0.460 e. The van der Waals surface area contributed by atoms with E-state index in [0.29, 0.717) is 0 Å². The number of nitrogens with zero attached hydrogens (tertiary/aromatic N) is 2. The lowest BCUT2D eigenvalue weighted by Crippen LogP contribution is -2.70. The van der Waals surface area contributed by atoms with Gasteiger partial charge in [-0.15, -0.1) is 0 Å².